The number of benzene rings is 1. The second kappa shape index (κ2) is 5.21. The third-order valence-electron chi connectivity index (χ3n) is 5.06. The number of carbonyl (C=O) groups excluding carboxylic acids is 2. The highest BCUT2D eigenvalue weighted by Crippen LogP contribution is 2.52. The molecule has 6 heteroatoms. The van der Waals surface area contributed by atoms with Crippen LogP contribution in [-0.4, -0.2) is 28.1 Å². The Balaban J connectivity index is 2.02. The minimum absolute atomic E-state index is 0.0484. The maximum atomic E-state index is 13.5. The number of carbonyl (C=O) groups is 2. The quantitative estimate of drug-likeness (QED) is 0.804. The maximum Gasteiger partial charge on any atom is 0.243 e. The molecule has 2 amide bonds. The lowest BCUT2D eigenvalue weighted by atomic mass is 9.72. The smallest absolute Gasteiger partial charge is 0.243 e. The van der Waals surface area contributed by atoms with E-state index in [0.29, 0.717) is 5.82 Å². The summed E-state index contributed by atoms with van der Waals surface area (Å²) in [5, 5.41) is 7.41. The van der Waals surface area contributed by atoms with Gasteiger partial charge in [-0.1, -0.05) is 24.1 Å². The van der Waals surface area contributed by atoms with Crippen LogP contribution in [0.2, 0.25) is 0 Å². The van der Waals surface area contributed by atoms with Crippen molar-refractivity contribution in [3.8, 4) is 12.3 Å². The third kappa shape index (κ3) is 1.97. The fraction of sp³-hybridized carbons (Fsp3) is 0.350. The summed E-state index contributed by atoms with van der Waals surface area (Å²) < 4.78 is 1.76. The van der Waals surface area contributed by atoms with Gasteiger partial charge in [0.15, 0.2) is 0 Å². The van der Waals surface area contributed by atoms with Crippen LogP contribution in [0.1, 0.15) is 38.3 Å². The molecule has 0 radical (unpaired) electrons. The molecular weight excluding hydrogens is 328 g/mol. The van der Waals surface area contributed by atoms with E-state index >= 15 is 0 Å². The van der Waals surface area contributed by atoms with Crippen molar-refractivity contribution in [1.29, 1.82) is 0 Å². The Labute approximate surface area is 152 Å². The number of fused-ring (bicyclic) bond motifs is 4. The Kier molecular flexibility index (Phi) is 3.29. The second-order valence-corrected chi connectivity index (χ2v) is 7.73. The van der Waals surface area contributed by atoms with Gasteiger partial charge < -0.3 is 5.32 Å². The molecule has 0 aliphatic carbocycles. The van der Waals surface area contributed by atoms with Crippen LogP contribution < -0.4 is 10.2 Å². The zero-order valence-electron chi connectivity index (χ0n) is 15.0. The van der Waals surface area contributed by atoms with Crippen molar-refractivity contribution < 1.29 is 9.59 Å². The molecule has 2 aliphatic rings. The van der Waals surface area contributed by atoms with Gasteiger partial charge in [0.2, 0.25) is 11.8 Å². The lowest BCUT2D eigenvalue weighted by molar-refractivity contribution is -0.126. The van der Waals surface area contributed by atoms with Gasteiger partial charge in [0, 0.05) is 17.7 Å². The molecule has 26 heavy (non-hydrogen) atoms. The number of nitrogens with one attached hydrogen (secondary N) is 1. The van der Waals surface area contributed by atoms with E-state index in [1.807, 2.05) is 45.0 Å². The summed E-state index contributed by atoms with van der Waals surface area (Å²) in [7, 11) is 0. The standard InChI is InChI=1S/C20H20N4O2/c1-5-10-23-15-9-7-6-8-13(15)20(18(23)26)11-16(25)22-17-14(20)12-21-24(17)19(2,3)4/h1,6-9,12H,10-11H2,2-4H3,(H,22,25)/t20-/m0/s1. The molecular formula is C20H20N4O2. The van der Waals surface area contributed by atoms with Crippen molar-refractivity contribution in [3.05, 3.63) is 41.6 Å². The number of hydrogen-bond donors (Lipinski definition) is 1. The molecule has 2 aromatic rings. The first-order valence-electron chi connectivity index (χ1n) is 8.54. The fourth-order valence-corrected chi connectivity index (χ4v) is 4.01. The average Bonchev–Trinajstić information content (AvgIpc) is 3.10. The van der Waals surface area contributed by atoms with Crippen molar-refractivity contribution >= 4 is 23.3 Å². The van der Waals surface area contributed by atoms with Crippen molar-refractivity contribution in [2.45, 2.75) is 38.1 Å². The average molecular weight is 348 g/mol. The van der Waals surface area contributed by atoms with Crippen LogP contribution >= 0.6 is 0 Å². The number of rotatable bonds is 1. The molecule has 4 rings (SSSR count). The number of anilines is 2. The highest BCUT2D eigenvalue weighted by molar-refractivity contribution is 6.15. The van der Waals surface area contributed by atoms with E-state index in [-0.39, 0.29) is 30.3 Å². The number of hydrogen-bond acceptors (Lipinski definition) is 3. The van der Waals surface area contributed by atoms with Gasteiger partial charge in [-0.2, -0.15) is 5.10 Å². The number of aromatic nitrogens is 2. The summed E-state index contributed by atoms with van der Waals surface area (Å²) in [6.45, 7) is 6.18. The zero-order valence-corrected chi connectivity index (χ0v) is 15.0. The molecule has 132 valence electrons. The highest BCUT2D eigenvalue weighted by atomic mass is 16.2. The SMILES string of the molecule is C#CCN1C(=O)[C@@]2(CC(=O)Nc3c2cnn3C(C)(C)C)c2ccccc21. The normalized spacial score (nSPS) is 21.4. The van der Waals surface area contributed by atoms with E-state index in [4.69, 9.17) is 6.42 Å². The molecule has 1 aromatic carbocycles. The summed E-state index contributed by atoms with van der Waals surface area (Å²) >= 11 is 0. The van der Waals surface area contributed by atoms with Gasteiger partial charge in [0.05, 0.1) is 18.3 Å². The number of nitrogens with zero attached hydrogens (tertiary/aromatic N) is 3. The van der Waals surface area contributed by atoms with Crippen LogP contribution in [0.25, 0.3) is 0 Å². The zero-order chi connectivity index (χ0) is 18.7. The largest absolute Gasteiger partial charge is 0.311 e. The summed E-state index contributed by atoms with van der Waals surface area (Å²) in [5.74, 6) is 2.77. The minimum atomic E-state index is -1.07. The van der Waals surface area contributed by atoms with Gasteiger partial charge >= 0.3 is 0 Å². The molecule has 2 aliphatic heterocycles. The monoisotopic (exact) mass is 348 g/mol. The van der Waals surface area contributed by atoms with Crippen molar-refractivity contribution in [2.24, 2.45) is 0 Å². The first-order valence-corrected chi connectivity index (χ1v) is 8.54. The molecule has 6 nitrogen and oxygen atoms in total. The van der Waals surface area contributed by atoms with Crippen molar-refractivity contribution in [2.75, 3.05) is 16.8 Å². The predicted molar refractivity (Wildman–Crippen MR) is 98.9 cm³/mol. The Bertz CT molecular complexity index is 976. The van der Waals surface area contributed by atoms with E-state index in [1.54, 1.807) is 15.8 Å². The molecule has 0 bridgehead atoms. The van der Waals surface area contributed by atoms with Gasteiger partial charge in [0.25, 0.3) is 0 Å². The van der Waals surface area contributed by atoms with Crippen LogP contribution in [0.5, 0.6) is 0 Å². The molecule has 1 aromatic heterocycles. The molecule has 0 saturated carbocycles. The third-order valence-corrected chi connectivity index (χ3v) is 5.06. The van der Waals surface area contributed by atoms with E-state index in [0.717, 1.165) is 16.8 Å². The molecule has 1 N–H and O–H groups in total. The van der Waals surface area contributed by atoms with E-state index in [1.165, 1.54) is 0 Å². The van der Waals surface area contributed by atoms with E-state index in [2.05, 4.69) is 16.3 Å². The number of para-hydroxylation sites is 1. The number of amides is 2. The van der Waals surface area contributed by atoms with Crippen molar-refractivity contribution in [1.82, 2.24) is 9.78 Å². The van der Waals surface area contributed by atoms with Gasteiger partial charge in [-0.15, -0.1) is 6.42 Å². The van der Waals surface area contributed by atoms with Crippen LogP contribution in [0.3, 0.4) is 0 Å². The van der Waals surface area contributed by atoms with Gasteiger partial charge in [0.1, 0.15) is 11.2 Å². The first-order chi connectivity index (χ1) is 12.3. The van der Waals surface area contributed by atoms with Gasteiger partial charge in [-0.05, 0) is 32.4 Å². The summed E-state index contributed by atoms with van der Waals surface area (Å²) in [6, 6.07) is 7.53. The Morgan fingerprint density at radius 3 is 2.69 bits per heavy atom. The van der Waals surface area contributed by atoms with Gasteiger partial charge in [-0.25, -0.2) is 4.68 Å². The lowest BCUT2D eigenvalue weighted by Crippen LogP contribution is -2.47. The Morgan fingerprint density at radius 1 is 1.27 bits per heavy atom. The summed E-state index contributed by atoms with van der Waals surface area (Å²) in [6.07, 6.45) is 7.24. The Hall–Kier alpha value is -3.07. The maximum absolute atomic E-state index is 13.5. The van der Waals surface area contributed by atoms with Crippen LogP contribution in [-0.2, 0) is 20.5 Å². The fourth-order valence-electron chi connectivity index (χ4n) is 4.01. The Morgan fingerprint density at radius 2 is 2.00 bits per heavy atom. The van der Waals surface area contributed by atoms with Crippen LogP contribution in [0, 0.1) is 12.3 Å². The van der Waals surface area contributed by atoms with E-state index in [9.17, 15) is 9.59 Å². The van der Waals surface area contributed by atoms with E-state index < -0.39 is 5.41 Å². The predicted octanol–water partition coefficient (Wildman–Crippen LogP) is 2.25. The second-order valence-electron chi connectivity index (χ2n) is 7.73. The molecule has 1 atom stereocenters. The summed E-state index contributed by atoms with van der Waals surface area (Å²) in [5.41, 5.74) is 0.890. The number of terminal acetylenes is 1. The van der Waals surface area contributed by atoms with Gasteiger partial charge in [-0.3, -0.25) is 14.5 Å². The van der Waals surface area contributed by atoms with Crippen LogP contribution in [0.15, 0.2) is 30.5 Å². The van der Waals surface area contributed by atoms with Crippen LogP contribution in [0.4, 0.5) is 11.5 Å². The molecule has 1 spiro atoms. The minimum Gasteiger partial charge on any atom is -0.311 e. The topological polar surface area (TPSA) is 67.2 Å². The lowest BCUT2D eigenvalue weighted by Gasteiger charge is -2.33. The molecule has 0 unspecified atom stereocenters. The summed E-state index contributed by atoms with van der Waals surface area (Å²) in [4.78, 5) is 27.7. The first kappa shape index (κ1) is 16.4. The molecule has 0 fully saturated rings. The molecule has 0 saturated heterocycles. The van der Waals surface area contributed by atoms with Crippen molar-refractivity contribution in [3.63, 3.8) is 0 Å². The highest BCUT2D eigenvalue weighted by Gasteiger charge is 2.57. The molecule has 3 heterocycles.